The van der Waals surface area contributed by atoms with Crippen molar-refractivity contribution < 1.29 is 23.4 Å². The normalized spacial score (nSPS) is 15.5. The molecule has 1 saturated heterocycles. The minimum atomic E-state index is -0.627. The number of fused-ring (bicyclic) bond motifs is 1. The summed E-state index contributed by atoms with van der Waals surface area (Å²) in [5.41, 5.74) is 1.09. The van der Waals surface area contributed by atoms with E-state index in [0.717, 1.165) is 12.8 Å². The number of aliphatic hydroxyl groups excluding tert-OH is 1. The third-order valence-corrected chi connectivity index (χ3v) is 6.38. The lowest BCUT2D eigenvalue weighted by Gasteiger charge is -2.28. The molecule has 0 radical (unpaired) electrons. The Morgan fingerprint density at radius 1 is 1.28 bits per heavy atom. The van der Waals surface area contributed by atoms with Crippen molar-refractivity contribution in [1.82, 2.24) is 19.7 Å². The first-order valence-corrected chi connectivity index (χ1v) is 11.4. The highest BCUT2D eigenvalue weighted by molar-refractivity contribution is 6.09. The fourth-order valence-electron chi connectivity index (χ4n) is 4.71. The first-order valence-electron chi connectivity index (χ1n) is 11.4. The average Bonchev–Trinajstić information content (AvgIpc) is 3.51. The summed E-state index contributed by atoms with van der Waals surface area (Å²) in [7, 11) is 3.04. The summed E-state index contributed by atoms with van der Waals surface area (Å²) in [6, 6.07) is 6.77. The van der Waals surface area contributed by atoms with Gasteiger partial charge in [0.15, 0.2) is 11.6 Å². The van der Waals surface area contributed by atoms with Crippen molar-refractivity contribution in [3.05, 3.63) is 60.1 Å². The zero-order valence-corrected chi connectivity index (χ0v) is 19.7. The van der Waals surface area contributed by atoms with Gasteiger partial charge in [0.05, 0.1) is 42.9 Å². The molecule has 5 rings (SSSR count). The van der Waals surface area contributed by atoms with Gasteiger partial charge >= 0.3 is 0 Å². The van der Waals surface area contributed by atoms with Crippen LogP contribution >= 0.6 is 0 Å². The van der Waals surface area contributed by atoms with E-state index < -0.39 is 17.5 Å². The van der Waals surface area contributed by atoms with Gasteiger partial charge in [-0.15, -0.1) is 0 Å². The molecular weight excluding hydrogens is 470 g/mol. The van der Waals surface area contributed by atoms with Gasteiger partial charge in [0, 0.05) is 31.2 Å². The first kappa shape index (κ1) is 23.6. The predicted molar refractivity (Wildman–Crippen MR) is 130 cm³/mol. The first-order chi connectivity index (χ1) is 17.4. The van der Waals surface area contributed by atoms with Crippen LogP contribution in [0.4, 0.5) is 20.2 Å². The molecule has 1 atom stereocenters. The molecule has 0 saturated carbocycles. The molecule has 1 amide bonds. The molecule has 1 aliphatic heterocycles. The molecule has 0 unspecified atom stereocenters. The molecule has 3 heterocycles. The Balaban J connectivity index is 1.56. The monoisotopic (exact) mass is 494 g/mol. The lowest BCUT2D eigenvalue weighted by molar-refractivity contribution is 0.102. The third kappa shape index (κ3) is 4.01. The quantitative estimate of drug-likeness (QED) is 0.423. The van der Waals surface area contributed by atoms with E-state index in [4.69, 9.17) is 4.74 Å². The van der Waals surface area contributed by atoms with E-state index in [1.54, 1.807) is 19.3 Å². The van der Waals surface area contributed by atoms with Gasteiger partial charge in [0.2, 0.25) is 0 Å². The number of nitrogens with one attached hydrogen (secondary N) is 1. The van der Waals surface area contributed by atoms with E-state index >= 15 is 4.39 Å². The number of nitrogens with zero attached hydrogens (tertiary/aromatic N) is 5. The zero-order chi connectivity index (χ0) is 25.4. The van der Waals surface area contributed by atoms with E-state index in [2.05, 4.69) is 20.4 Å². The fourth-order valence-corrected chi connectivity index (χ4v) is 4.71. The lowest BCUT2D eigenvalue weighted by atomic mass is 10.1. The van der Waals surface area contributed by atoms with Gasteiger partial charge < -0.3 is 20.1 Å². The van der Waals surface area contributed by atoms with Crippen LogP contribution in [-0.4, -0.2) is 57.1 Å². The van der Waals surface area contributed by atoms with Gasteiger partial charge in [0.25, 0.3) is 5.91 Å². The van der Waals surface area contributed by atoms with Crippen LogP contribution in [0.25, 0.3) is 22.3 Å². The highest BCUT2D eigenvalue weighted by Crippen LogP contribution is 2.40. The number of carbonyl (C=O) groups is 1. The molecule has 2 aromatic heterocycles. The second-order valence-electron chi connectivity index (χ2n) is 8.49. The third-order valence-electron chi connectivity index (χ3n) is 6.38. The van der Waals surface area contributed by atoms with Crippen molar-refractivity contribution in [3.63, 3.8) is 0 Å². The van der Waals surface area contributed by atoms with E-state index in [9.17, 15) is 14.3 Å². The molecule has 1 fully saturated rings. The summed E-state index contributed by atoms with van der Waals surface area (Å²) >= 11 is 0. The zero-order valence-electron chi connectivity index (χ0n) is 19.7. The van der Waals surface area contributed by atoms with E-state index in [0.29, 0.717) is 23.1 Å². The van der Waals surface area contributed by atoms with Gasteiger partial charge in [-0.3, -0.25) is 9.48 Å². The standard InChI is InChI=1S/C25H24F2N6O3/c1-32-22-15(12-29-32)23(33-10-4-5-14(33)13-34)19(11-17(22)27)31-25(35)18-8-9-28-24(30-18)21-16(26)6-3-7-20(21)36-2/h3,6-9,11-12,14,34H,4-5,10,13H2,1-2H3,(H,31,35)/t14-/m1/s1. The molecule has 1 aliphatic rings. The Labute approximate surface area is 205 Å². The Kier molecular flexibility index (Phi) is 6.23. The second kappa shape index (κ2) is 9.50. The number of methoxy groups -OCH3 is 1. The average molecular weight is 495 g/mol. The van der Waals surface area contributed by atoms with Crippen molar-refractivity contribution in [3.8, 4) is 17.1 Å². The summed E-state index contributed by atoms with van der Waals surface area (Å²) in [5, 5.41) is 17.4. The summed E-state index contributed by atoms with van der Waals surface area (Å²) in [4.78, 5) is 23.6. The molecule has 186 valence electrons. The van der Waals surface area contributed by atoms with Crippen LogP contribution < -0.4 is 15.0 Å². The number of anilines is 2. The highest BCUT2D eigenvalue weighted by atomic mass is 19.1. The van der Waals surface area contributed by atoms with Crippen LogP contribution in [0.15, 0.2) is 42.7 Å². The largest absolute Gasteiger partial charge is 0.496 e. The van der Waals surface area contributed by atoms with Crippen molar-refractivity contribution in [2.45, 2.75) is 18.9 Å². The number of aliphatic hydroxyl groups is 1. The molecule has 4 aromatic rings. The van der Waals surface area contributed by atoms with Crippen LogP contribution in [0, 0.1) is 11.6 Å². The maximum atomic E-state index is 15.1. The molecule has 9 nitrogen and oxygen atoms in total. The topological polar surface area (TPSA) is 105 Å². The number of rotatable bonds is 6. The van der Waals surface area contributed by atoms with Gasteiger partial charge in [-0.05, 0) is 31.0 Å². The van der Waals surface area contributed by atoms with E-state index in [1.807, 2.05) is 4.90 Å². The number of amides is 1. The van der Waals surface area contributed by atoms with E-state index in [1.165, 1.54) is 42.3 Å². The number of aryl methyl sites for hydroxylation is 1. The van der Waals surface area contributed by atoms with Crippen LogP contribution in [0.5, 0.6) is 5.75 Å². The van der Waals surface area contributed by atoms with Crippen LogP contribution in [0.3, 0.4) is 0 Å². The van der Waals surface area contributed by atoms with Gasteiger partial charge in [-0.25, -0.2) is 18.7 Å². The Morgan fingerprint density at radius 2 is 2.11 bits per heavy atom. The van der Waals surface area contributed by atoms with Gasteiger partial charge in [0.1, 0.15) is 22.8 Å². The van der Waals surface area contributed by atoms with Crippen molar-refractivity contribution in [2.24, 2.45) is 7.05 Å². The number of hydrogen-bond donors (Lipinski definition) is 2. The molecule has 11 heteroatoms. The number of benzene rings is 2. The van der Waals surface area contributed by atoms with Crippen molar-refractivity contribution in [1.29, 1.82) is 0 Å². The number of halogens is 2. The molecular formula is C25H24F2N6O3. The van der Waals surface area contributed by atoms with Gasteiger partial charge in [-0.1, -0.05) is 6.07 Å². The van der Waals surface area contributed by atoms with E-state index in [-0.39, 0.29) is 41.2 Å². The van der Waals surface area contributed by atoms with Gasteiger partial charge in [-0.2, -0.15) is 5.10 Å². The molecule has 36 heavy (non-hydrogen) atoms. The SMILES string of the molecule is COc1cccc(F)c1-c1nccc(C(=O)Nc2cc(F)c3c(cnn3C)c2N2CCC[C@@H]2CO)n1. The maximum absolute atomic E-state index is 15.1. The molecule has 2 aromatic carbocycles. The maximum Gasteiger partial charge on any atom is 0.274 e. The summed E-state index contributed by atoms with van der Waals surface area (Å²) < 4.78 is 36.3. The number of carbonyl (C=O) groups excluding carboxylic acids is 1. The minimum absolute atomic E-state index is 0.0217. The molecule has 0 spiro atoms. The summed E-state index contributed by atoms with van der Waals surface area (Å²) in [6.07, 6.45) is 4.50. The van der Waals surface area contributed by atoms with Crippen LogP contribution in [0.2, 0.25) is 0 Å². The summed E-state index contributed by atoms with van der Waals surface area (Å²) in [6.45, 7) is 0.556. The Hall–Kier alpha value is -4.12. The Bertz CT molecular complexity index is 1460. The number of hydrogen-bond acceptors (Lipinski definition) is 7. The second-order valence-corrected chi connectivity index (χ2v) is 8.49. The number of ether oxygens (including phenoxy) is 1. The fraction of sp³-hybridized carbons (Fsp3) is 0.280. The molecule has 0 aliphatic carbocycles. The lowest BCUT2D eigenvalue weighted by Crippen LogP contribution is -2.33. The molecule has 0 bridgehead atoms. The number of aromatic nitrogens is 4. The Morgan fingerprint density at radius 3 is 2.89 bits per heavy atom. The predicted octanol–water partition coefficient (Wildman–Crippen LogP) is 3.53. The van der Waals surface area contributed by atoms with Crippen molar-refractivity contribution >= 4 is 28.2 Å². The van der Waals surface area contributed by atoms with Crippen molar-refractivity contribution in [2.75, 3.05) is 30.5 Å². The molecule has 2 N–H and O–H groups in total. The summed E-state index contributed by atoms with van der Waals surface area (Å²) in [5.74, 6) is -1.57. The smallest absolute Gasteiger partial charge is 0.274 e. The minimum Gasteiger partial charge on any atom is -0.496 e. The van der Waals surface area contributed by atoms with Crippen LogP contribution in [0.1, 0.15) is 23.3 Å². The van der Waals surface area contributed by atoms with Crippen LogP contribution in [-0.2, 0) is 7.05 Å². The highest BCUT2D eigenvalue weighted by Gasteiger charge is 2.30.